The molecule has 0 radical (unpaired) electrons. The second-order valence-electron chi connectivity index (χ2n) is 7.31. The molecular weight excluding hydrogens is 454 g/mol. The fraction of sp³-hybridized carbons (Fsp3) is 0.200. The lowest BCUT2D eigenvalue weighted by atomic mass is 10.0. The van der Waals surface area contributed by atoms with Crippen LogP contribution in [0.5, 0.6) is 5.75 Å². The summed E-state index contributed by atoms with van der Waals surface area (Å²) < 4.78 is 10.4. The van der Waals surface area contributed by atoms with Crippen LogP contribution in [0.15, 0.2) is 66.7 Å². The summed E-state index contributed by atoms with van der Waals surface area (Å²) in [4.78, 5) is 36.1. The molecule has 8 nitrogen and oxygen atoms in total. The number of carbonyl (C=O) groups excluding carboxylic acids is 3. The summed E-state index contributed by atoms with van der Waals surface area (Å²) in [6.45, 7) is 1.98. The van der Waals surface area contributed by atoms with Crippen molar-refractivity contribution >= 4 is 45.9 Å². The van der Waals surface area contributed by atoms with Crippen LogP contribution in [0.1, 0.15) is 29.3 Å². The normalized spacial score (nSPS) is 10.3. The molecule has 0 aliphatic heterocycles. The van der Waals surface area contributed by atoms with Crippen molar-refractivity contribution in [2.75, 3.05) is 13.2 Å². The number of esters is 1. The zero-order valence-electron chi connectivity index (χ0n) is 18.6. The SMILES string of the molecule is CCCOC(=O)c1ccc(OCC(=O)NNC(=S)NC(=O)Cc2cccc3ccccc23)cc1. The number of thiocarbonyl (C=S) groups is 1. The Bertz CT molecular complexity index is 1180. The Hall–Kier alpha value is -3.98. The van der Waals surface area contributed by atoms with Crippen molar-refractivity contribution in [3.63, 3.8) is 0 Å². The Balaban J connectivity index is 1.39. The lowest BCUT2D eigenvalue weighted by molar-refractivity contribution is -0.124. The van der Waals surface area contributed by atoms with Gasteiger partial charge in [-0.3, -0.25) is 20.4 Å². The van der Waals surface area contributed by atoms with Crippen molar-refractivity contribution in [2.45, 2.75) is 19.8 Å². The standard InChI is InChI=1S/C25H25N3O5S/c1-2-14-32-24(31)18-10-12-20(13-11-18)33-16-23(30)27-28-25(34)26-22(29)15-19-8-5-7-17-6-3-4-9-21(17)19/h3-13H,2,14-16H2,1H3,(H,27,30)(H2,26,28,29,34). The first-order valence-corrected chi connectivity index (χ1v) is 11.1. The maximum atomic E-state index is 12.3. The number of carbonyl (C=O) groups is 3. The van der Waals surface area contributed by atoms with E-state index in [1.165, 1.54) is 0 Å². The molecule has 3 aromatic rings. The molecule has 9 heteroatoms. The maximum absolute atomic E-state index is 12.3. The van der Waals surface area contributed by atoms with E-state index < -0.39 is 11.9 Å². The number of nitrogens with one attached hydrogen (secondary N) is 3. The third-order valence-corrected chi connectivity index (χ3v) is 4.90. The van der Waals surface area contributed by atoms with Crippen LogP contribution in [0.25, 0.3) is 10.8 Å². The van der Waals surface area contributed by atoms with Crippen LogP contribution in [-0.2, 0) is 20.7 Å². The molecule has 0 saturated heterocycles. The van der Waals surface area contributed by atoms with Crippen molar-refractivity contribution < 1.29 is 23.9 Å². The molecular formula is C25H25N3O5S. The van der Waals surface area contributed by atoms with Gasteiger partial charge in [0.25, 0.3) is 5.91 Å². The number of hydrazine groups is 1. The lowest BCUT2D eigenvalue weighted by Crippen LogP contribution is -2.49. The molecule has 0 fully saturated rings. The second-order valence-corrected chi connectivity index (χ2v) is 7.72. The van der Waals surface area contributed by atoms with Gasteiger partial charge in [0.1, 0.15) is 5.75 Å². The van der Waals surface area contributed by atoms with E-state index in [-0.39, 0.29) is 24.0 Å². The molecule has 0 aliphatic rings. The van der Waals surface area contributed by atoms with Gasteiger partial charge in [0.05, 0.1) is 18.6 Å². The Morgan fingerprint density at radius 2 is 1.62 bits per heavy atom. The minimum atomic E-state index is -0.503. The van der Waals surface area contributed by atoms with Gasteiger partial charge in [0, 0.05) is 0 Å². The van der Waals surface area contributed by atoms with Gasteiger partial charge >= 0.3 is 5.97 Å². The number of ether oxygens (including phenoxy) is 2. The number of fused-ring (bicyclic) bond motifs is 1. The Morgan fingerprint density at radius 1 is 0.882 bits per heavy atom. The highest BCUT2D eigenvalue weighted by Gasteiger charge is 2.10. The zero-order valence-corrected chi connectivity index (χ0v) is 19.4. The molecule has 0 heterocycles. The minimum absolute atomic E-state index is 0.0338. The largest absolute Gasteiger partial charge is 0.484 e. The number of benzene rings is 3. The number of rotatable bonds is 8. The molecule has 0 saturated carbocycles. The Labute approximate surface area is 202 Å². The molecule has 0 spiro atoms. The molecule has 0 aliphatic carbocycles. The van der Waals surface area contributed by atoms with Gasteiger partial charge in [0.2, 0.25) is 5.91 Å². The summed E-state index contributed by atoms with van der Waals surface area (Å²) >= 11 is 5.06. The van der Waals surface area contributed by atoms with E-state index in [0.29, 0.717) is 17.9 Å². The van der Waals surface area contributed by atoms with Crippen molar-refractivity contribution in [3.8, 4) is 5.75 Å². The molecule has 0 atom stereocenters. The third kappa shape index (κ3) is 7.28. The Morgan fingerprint density at radius 3 is 2.38 bits per heavy atom. The number of hydrogen-bond donors (Lipinski definition) is 3. The fourth-order valence-corrected chi connectivity index (χ4v) is 3.26. The first-order valence-electron chi connectivity index (χ1n) is 10.7. The lowest BCUT2D eigenvalue weighted by Gasteiger charge is -2.12. The van der Waals surface area contributed by atoms with Crippen LogP contribution < -0.4 is 20.9 Å². The van der Waals surface area contributed by atoms with E-state index in [0.717, 1.165) is 22.8 Å². The van der Waals surface area contributed by atoms with E-state index in [9.17, 15) is 14.4 Å². The van der Waals surface area contributed by atoms with Crippen molar-refractivity contribution in [3.05, 3.63) is 77.9 Å². The fourth-order valence-electron chi connectivity index (χ4n) is 3.10. The molecule has 34 heavy (non-hydrogen) atoms. The van der Waals surface area contributed by atoms with Crippen LogP contribution in [0.2, 0.25) is 0 Å². The maximum Gasteiger partial charge on any atom is 0.338 e. The van der Waals surface area contributed by atoms with E-state index >= 15 is 0 Å². The number of hydrogen-bond acceptors (Lipinski definition) is 6. The van der Waals surface area contributed by atoms with Crippen LogP contribution >= 0.6 is 12.2 Å². The van der Waals surface area contributed by atoms with Gasteiger partial charge in [0.15, 0.2) is 11.7 Å². The van der Waals surface area contributed by atoms with Crippen LogP contribution in [0.3, 0.4) is 0 Å². The van der Waals surface area contributed by atoms with Gasteiger partial charge in [-0.05, 0) is 59.2 Å². The predicted molar refractivity (Wildman–Crippen MR) is 132 cm³/mol. The summed E-state index contributed by atoms with van der Waals surface area (Å²) in [5.41, 5.74) is 6.11. The minimum Gasteiger partial charge on any atom is -0.484 e. The molecule has 0 bridgehead atoms. The van der Waals surface area contributed by atoms with Crippen molar-refractivity contribution in [1.29, 1.82) is 0 Å². The van der Waals surface area contributed by atoms with E-state index in [1.54, 1.807) is 24.3 Å². The van der Waals surface area contributed by atoms with Gasteiger partial charge in [-0.25, -0.2) is 4.79 Å². The molecule has 0 unspecified atom stereocenters. The third-order valence-electron chi connectivity index (χ3n) is 4.70. The summed E-state index contributed by atoms with van der Waals surface area (Å²) in [6, 6.07) is 19.8. The average molecular weight is 480 g/mol. The van der Waals surface area contributed by atoms with Crippen LogP contribution in [-0.4, -0.2) is 36.1 Å². The highest BCUT2D eigenvalue weighted by molar-refractivity contribution is 7.80. The van der Waals surface area contributed by atoms with E-state index in [4.69, 9.17) is 21.7 Å². The summed E-state index contributed by atoms with van der Waals surface area (Å²) in [5.74, 6) is -0.812. The smallest absolute Gasteiger partial charge is 0.338 e. The molecule has 3 aromatic carbocycles. The van der Waals surface area contributed by atoms with Crippen LogP contribution in [0, 0.1) is 0 Å². The van der Waals surface area contributed by atoms with E-state index in [2.05, 4.69) is 16.2 Å². The molecule has 0 aromatic heterocycles. The predicted octanol–water partition coefficient (Wildman–Crippen LogP) is 3.05. The first-order chi connectivity index (χ1) is 16.5. The topological polar surface area (TPSA) is 106 Å². The zero-order chi connectivity index (χ0) is 24.3. The first kappa shape index (κ1) is 24.7. The quantitative estimate of drug-likeness (QED) is 0.259. The Kier molecular flexibility index (Phi) is 8.93. The van der Waals surface area contributed by atoms with Crippen molar-refractivity contribution in [1.82, 2.24) is 16.2 Å². The van der Waals surface area contributed by atoms with Crippen LogP contribution in [0.4, 0.5) is 0 Å². The monoisotopic (exact) mass is 479 g/mol. The van der Waals surface area contributed by atoms with Gasteiger partial charge < -0.3 is 14.8 Å². The number of amides is 2. The van der Waals surface area contributed by atoms with Crippen molar-refractivity contribution in [2.24, 2.45) is 0 Å². The molecule has 3 N–H and O–H groups in total. The summed E-state index contributed by atoms with van der Waals surface area (Å²) in [5, 5.41) is 4.55. The van der Waals surface area contributed by atoms with Gasteiger partial charge in [-0.1, -0.05) is 49.4 Å². The highest BCUT2D eigenvalue weighted by Crippen LogP contribution is 2.18. The van der Waals surface area contributed by atoms with Gasteiger partial charge in [-0.15, -0.1) is 0 Å². The van der Waals surface area contributed by atoms with Gasteiger partial charge in [-0.2, -0.15) is 0 Å². The second kappa shape index (κ2) is 12.3. The molecule has 3 rings (SSSR count). The molecule has 2 amide bonds. The summed E-state index contributed by atoms with van der Waals surface area (Å²) in [7, 11) is 0. The van der Waals surface area contributed by atoms with E-state index in [1.807, 2.05) is 49.4 Å². The highest BCUT2D eigenvalue weighted by atomic mass is 32.1. The summed E-state index contributed by atoms with van der Waals surface area (Å²) in [6.07, 6.45) is 0.885. The molecule has 176 valence electrons. The average Bonchev–Trinajstić information content (AvgIpc) is 2.85.